The molecule has 124 valence electrons. The molecule has 0 bridgehead atoms. The fourth-order valence-electron chi connectivity index (χ4n) is 2.65. The van der Waals surface area contributed by atoms with Crippen LogP contribution in [0.4, 0.5) is 0 Å². The number of hydrogen-bond donors (Lipinski definition) is 0. The van der Waals surface area contributed by atoms with E-state index in [1.165, 1.54) is 5.56 Å². The topological polar surface area (TPSA) is 35.5 Å². The maximum absolute atomic E-state index is 12.5. The number of ether oxygens (including phenoxy) is 2. The minimum absolute atomic E-state index is 0.0899. The van der Waals surface area contributed by atoms with Gasteiger partial charge in [-0.25, -0.2) is 0 Å². The molecule has 0 spiro atoms. The average Bonchev–Trinajstić information content (AvgIpc) is 2.83. The number of rotatable bonds is 3. The first-order chi connectivity index (χ1) is 11.4. The van der Waals surface area contributed by atoms with Crippen LogP contribution in [-0.4, -0.2) is 12.4 Å². The fraction of sp³-hybridized carbons (Fsp3) is 0.286. The Morgan fingerprint density at radius 1 is 1.08 bits per heavy atom. The molecule has 24 heavy (non-hydrogen) atoms. The van der Waals surface area contributed by atoms with Crippen molar-refractivity contribution < 1.29 is 14.3 Å². The summed E-state index contributed by atoms with van der Waals surface area (Å²) in [5, 5.41) is 0. The summed E-state index contributed by atoms with van der Waals surface area (Å²) in [7, 11) is 0. The molecule has 1 aliphatic heterocycles. The van der Waals surface area contributed by atoms with E-state index in [0.717, 1.165) is 5.56 Å². The monoisotopic (exact) mass is 322 g/mol. The van der Waals surface area contributed by atoms with Crippen molar-refractivity contribution in [2.24, 2.45) is 0 Å². The second-order valence-corrected chi connectivity index (χ2v) is 6.90. The Morgan fingerprint density at radius 2 is 1.79 bits per heavy atom. The van der Waals surface area contributed by atoms with E-state index in [-0.39, 0.29) is 11.2 Å². The van der Waals surface area contributed by atoms with Crippen molar-refractivity contribution >= 4 is 11.9 Å². The predicted octanol–water partition coefficient (Wildman–Crippen LogP) is 5.00. The number of fused-ring (bicyclic) bond motifs is 1. The summed E-state index contributed by atoms with van der Waals surface area (Å²) in [5.74, 6) is 1.53. The molecule has 3 nitrogen and oxygen atoms in total. The molecule has 1 aliphatic rings. The molecule has 0 saturated carbocycles. The standard InChI is InChI=1S/C21H22O3/c1-5-23-16-10-11-17-18(13-16)24-19(20(17)22)12-14-6-8-15(9-7-14)21(2,3)4/h6-13H,5H2,1-4H3/b19-12-. The normalized spacial score (nSPS) is 15.3. The predicted molar refractivity (Wildman–Crippen MR) is 95.7 cm³/mol. The third kappa shape index (κ3) is 3.21. The van der Waals surface area contributed by atoms with Gasteiger partial charge >= 0.3 is 0 Å². The smallest absolute Gasteiger partial charge is 0.231 e. The molecule has 2 aromatic rings. The van der Waals surface area contributed by atoms with E-state index < -0.39 is 0 Å². The van der Waals surface area contributed by atoms with Gasteiger partial charge in [-0.3, -0.25) is 4.79 Å². The van der Waals surface area contributed by atoms with Crippen molar-refractivity contribution in [2.45, 2.75) is 33.1 Å². The third-order valence-corrected chi connectivity index (χ3v) is 4.03. The average molecular weight is 322 g/mol. The van der Waals surface area contributed by atoms with Gasteiger partial charge in [-0.1, -0.05) is 45.0 Å². The van der Waals surface area contributed by atoms with Crippen LogP contribution in [0, 0.1) is 0 Å². The summed E-state index contributed by atoms with van der Waals surface area (Å²) in [6.45, 7) is 9.03. The van der Waals surface area contributed by atoms with Crippen molar-refractivity contribution in [1.29, 1.82) is 0 Å². The highest BCUT2D eigenvalue weighted by Gasteiger charge is 2.27. The molecule has 0 aliphatic carbocycles. The van der Waals surface area contributed by atoms with Crippen LogP contribution >= 0.6 is 0 Å². The molecule has 0 unspecified atom stereocenters. The first kappa shape index (κ1) is 16.3. The second kappa shape index (κ2) is 6.16. The van der Waals surface area contributed by atoms with E-state index in [9.17, 15) is 4.79 Å². The molecule has 0 N–H and O–H groups in total. The number of carbonyl (C=O) groups excluding carboxylic acids is 1. The molecule has 0 amide bonds. The van der Waals surface area contributed by atoms with E-state index in [2.05, 4.69) is 32.9 Å². The molecule has 0 saturated heterocycles. The fourth-order valence-corrected chi connectivity index (χ4v) is 2.65. The summed E-state index contributed by atoms with van der Waals surface area (Å²) in [5.41, 5.74) is 2.89. The summed E-state index contributed by atoms with van der Waals surface area (Å²) in [6, 6.07) is 13.5. The molecule has 0 fully saturated rings. The summed E-state index contributed by atoms with van der Waals surface area (Å²) >= 11 is 0. The molecular weight excluding hydrogens is 300 g/mol. The Kier molecular flexibility index (Phi) is 4.18. The minimum Gasteiger partial charge on any atom is -0.494 e. The van der Waals surface area contributed by atoms with Crippen LogP contribution in [0.5, 0.6) is 11.5 Å². The van der Waals surface area contributed by atoms with Crippen LogP contribution in [0.3, 0.4) is 0 Å². The van der Waals surface area contributed by atoms with Gasteiger partial charge in [0, 0.05) is 6.07 Å². The third-order valence-electron chi connectivity index (χ3n) is 4.03. The van der Waals surface area contributed by atoms with Crippen LogP contribution in [0.2, 0.25) is 0 Å². The molecular formula is C21H22O3. The second-order valence-electron chi connectivity index (χ2n) is 6.90. The minimum atomic E-state index is -0.0899. The van der Waals surface area contributed by atoms with Crippen LogP contribution in [0.25, 0.3) is 6.08 Å². The summed E-state index contributed by atoms with van der Waals surface area (Å²) in [4.78, 5) is 12.5. The van der Waals surface area contributed by atoms with E-state index in [1.54, 1.807) is 24.3 Å². The van der Waals surface area contributed by atoms with Gasteiger partial charge in [-0.15, -0.1) is 0 Å². The lowest BCUT2D eigenvalue weighted by atomic mass is 9.86. The largest absolute Gasteiger partial charge is 0.494 e. The molecule has 0 atom stereocenters. The molecule has 0 radical (unpaired) electrons. The number of benzene rings is 2. The first-order valence-electron chi connectivity index (χ1n) is 8.20. The zero-order valence-electron chi connectivity index (χ0n) is 14.6. The highest BCUT2D eigenvalue weighted by molar-refractivity contribution is 6.14. The summed E-state index contributed by atoms with van der Waals surface area (Å²) < 4.78 is 11.2. The molecule has 3 rings (SSSR count). The lowest BCUT2D eigenvalue weighted by Crippen LogP contribution is -2.10. The Hall–Kier alpha value is -2.55. The Balaban J connectivity index is 1.85. The lowest BCUT2D eigenvalue weighted by Gasteiger charge is -2.18. The molecule has 3 heteroatoms. The highest BCUT2D eigenvalue weighted by atomic mass is 16.5. The van der Waals surface area contributed by atoms with Gasteiger partial charge < -0.3 is 9.47 Å². The van der Waals surface area contributed by atoms with E-state index in [4.69, 9.17) is 9.47 Å². The van der Waals surface area contributed by atoms with Crippen molar-refractivity contribution in [1.82, 2.24) is 0 Å². The van der Waals surface area contributed by atoms with Crippen LogP contribution in [0.15, 0.2) is 48.2 Å². The number of Topliss-reactive ketones (excluding diaryl/α,β-unsaturated/α-hetero) is 1. The zero-order valence-corrected chi connectivity index (χ0v) is 14.6. The number of ketones is 1. The van der Waals surface area contributed by atoms with Gasteiger partial charge in [-0.05, 0) is 41.7 Å². The van der Waals surface area contributed by atoms with Crippen LogP contribution in [-0.2, 0) is 5.41 Å². The Labute approximate surface area is 142 Å². The summed E-state index contributed by atoms with van der Waals surface area (Å²) in [6.07, 6.45) is 1.79. The van der Waals surface area contributed by atoms with Gasteiger partial charge in [0.1, 0.15) is 11.5 Å². The highest BCUT2D eigenvalue weighted by Crippen LogP contribution is 2.35. The van der Waals surface area contributed by atoms with Gasteiger partial charge in [-0.2, -0.15) is 0 Å². The van der Waals surface area contributed by atoms with Crippen molar-refractivity contribution in [3.8, 4) is 11.5 Å². The van der Waals surface area contributed by atoms with Gasteiger partial charge in [0.15, 0.2) is 5.76 Å². The maximum atomic E-state index is 12.5. The SMILES string of the molecule is CCOc1ccc2c(c1)O/C(=C\c1ccc(C(C)(C)C)cc1)C2=O. The number of hydrogen-bond acceptors (Lipinski definition) is 3. The van der Waals surface area contributed by atoms with E-state index >= 15 is 0 Å². The van der Waals surface area contributed by atoms with Crippen molar-refractivity contribution in [2.75, 3.05) is 6.61 Å². The maximum Gasteiger partial charge on any atom is 0.231 e. The molecule has 1 heterocycles. The first-order valence-corrected chi connectivity index (χ1v) is 8.20. The van der Waals surface area contributed by atoms with E-state index in [0.29, 0.717) is 29.4 Å². The number of allylic oxidation sites excluding steroid dienone is 1. The number of carbonyl (C=O) groups is 1. The molecule has 0 aromatic heterocycles. The van der Waals surface area contributed by atoms with Gasteiger partial charge in [0.2, 0.25) is 5.78 Å². The van der Waals surface area contributed by atoms with Crippen LogP contribution in [0.1, 0.15) is 49.2 Å². The quantitative estimate of drug-likeness (QED) is 0.746. The molecule has 2 aromatic carbocycles. The van der Waals surface area contributed by atoms with Gasteiger partial charge in [0.25, 0.3) is 0 Å². The van der Waals surface area contributed by atoms with Gasteiger partial charge in [0.05, 0.1) is 12.2 Å². The van der Waals surface area contributed by atoms with Crippen molar-refractivity contribution in [3.05, 3.63) is 64.9 Å². The zero-order chi connectivity index (χ0) is 17.3. The van der Waals surface area contributed by atoms with Crippen LogP contribution < -0.4 is 9.47 Å². The van der Waals surface area contributed by atoms with Crippen molar-refractivity contribution in [3.63, 3.8) is 0 Å². The van der Waals surface area contributed by atoms with E-state index in [1.807, 2.05) is 19.1 Å². The Morgan fingerprint density at radius 3 is 2.42 bits per heavy atom. The Bertz CT molecular complexity index is 793. The lowest BCUT2D eigenvalue weighted by molar-refractivity contribution is 0.101.